The number of carbonyl (C=O) groups excluding carboxylic acids is 2. The standard InChI is InChI=1S/C20H17ClN2O4/c21-16-11-5-4-10-15(16)19(26)23-17(20(27)22-13-18(24)25)12-6-9-14-7-2-1-3-8-14/h1-12H,13H2,(H,22,27)(H,23,26)(H,24,25). The van der Waals surface area contributed by atoms with Crippen molar-refractivity contribution in [1.29, 1.82) is 0 Å². The van der Waals surface area contributed by atoms with Gasteiger partial charge in [0.25, 0.3) is 11.8 Å². The van der Waals surface area contributed by atoms with Gasteiger partial charge in [-0.1, -0.05) is 66.2 Å². The number of halogens is 1. The summed E-state index contributed by atoms with van der Waals surface area (Å²) in [4.78, 5) is 35.3. The molecule has 0 atom stereocenters. The van der Waals surface area contributed by atoms with E-state index in [1.54, 1.807) is 30.4 Å². The lowest BCUT2D eigenvalue weighted by Gasteiger charge is -2.10. The van der Waals surface area contributed by atoms with Crippen molar-refractivity contribution in [3.63, 3.8) is 0 Å². The zero-order valence-electron chi connectivity index (χ0n) is 14.2. The predicted octanol–water partition coefficient (Wildman–Crippen LogP) is 2.87. The first kappa shape index (κ1) is 19.9. The minimum Gasteiger partial charge on any atom is -0.480 e. The van der Waals surface area contributed by atoms with Gasteiger partial charge in [-0.05, 0) is 23.8 Å². The number of amides is 2. The number of aliphatic carboxylic acids is 1. The second-order valence-corrected chi connectivity index (χ2v) is 5.77. The molecule has 2 amide bonds. The molecule has 3 N–H and O–H groups in total. The molecule has 0 aliphatic heterocycles. The van der Waals surface area contributed by atoms with Crippen LogP contribution in [0.5, 0.6) is 0 Å². The SMILES string of the molecule is O=C(O)CNC(=O)C(=CC=Cc1ccccc1)NC(=O)c1ccccc1Cl. The quantitative estimate of drug-likeness (QED) is 0.505. The Bertz CT molecular complexity index is 892. The van der Waals surface area contributed by atoms with Crippen molar-refractivity contribution >= 4 is 35.5 Å². The molecule has 0 aliphatic rings. The van der Waals surface area contributed by atoms with Crippen molar-refractivity contribution in [2.24, 2.45) is 0 Å². The molecule has 0 fully saturated rings. The van der Waals surface area contributed by atoms with Crippen LogP contribution in [0.2, 0.25) is 5.02 Å². The van der Waals surface area contributed by atoms with Gasteiger partial charge in [0.1, 0.15) is 12.2 Å². The molecule has 0 radical (unpaired) electrons. The van der Waals surface area contributed by atoms with E-state index in [9.17, 15) is 14.4 Å². The van der Waals surface area contributed by atoms with Crippen LogP contribution in [-0.2, 0) is 9.59 Å². The molecule has 138 valence electrons. The molecule has 0 saturated heterocycles. The number of hydrogen-bond acceptors (Lipinski definition) is 3. The molecule has 0 heterocycles. The van der Waals surface area contributed by atoms with E-state index >= 15 is 0 Å². The van der Waals surface area contributed by atoms with Gasteiger partial charge >= 0.3 is 5.97 Å². The molecular weight excluding hydrogens is 368 g/mol. The Balaban J connectivity index is 2.20. The van der Waals surface area contributed by atoms with Crippen molar-refractivity contribution in [2.45, 2.75) is 0 Å². The molecule has 2 aromatic rings. The maximum Gasteiger partial charge on any atom is 0.322 e. The summed E-state index contributed by atoms with van der Waals surface area (Å²) in [6, 6.07) is 15.7. The Morgan fingerprint density at radius 1 is 1.00 bits per heavy atom. The first-order chi connectivity index (χ1) is 13.0. The highest BCUT2D eigenvalue weighted by Gasteiger charge is 2.16. The fourth-order valence-corrected chi connectivity index (χ4v) is 2.30. The van der Waals surface area contributed by atoms with Crippen LogP contribution in [0.25, 0.3) is 6.08 Å². The largest absolute Gasteiger partial charge is 0.480 e. The summed E-state index contributed by atoms with van der Waals surface area (Å²) in [5, 5.41) is 13.6. The van der Waals surface area contributed by atoms with Gasteiger partial charge < -0.3 is 15.7 Å². The molecule has 0 aromatic heterocycles. The first-order valence-corrected chi connectivity index (χ1v) is 8.34. The average Bonchev–Trinajstić information content (AvgIpc) is 2.66. The van der Waals surface area contributed by atoms with Gasteiger partial charge in [-0.25, -0.2) is 0 Å². The maximum absolute atomic E-state index is 12.4. The van der Waals surface area contributed by atoms with Crippen molar-refractivity contribution in [1.82, 2.24) is 10.6 Å². The molecule has 0 unspecified atom stereocenters. The second-order valence-electron chi connectivity index (χ2n) is 5.36. The number of carbonyl (C=O) groups is 3. The van der Waals surface area contributed by atoms with Gasteiger partial charge in [-0.2, -0.15) is 0 Å². The summed E-state index contributed by atoms with van der Waals surface area (Å²) >= 11 is 6.00. The highest BCUT2D eigenvalue weighted by molar-refractivity contribution is 6.34. The smallest absolute Gasteiger partial charge is 0.322 e. The highest BCUT2D eigenvalue weighted by Crippen LogP contribution is 2.15. The van der Waals surface area contributed by atoms with Gasteiger partial charge in [0.15, 0.2) is 0 Å². The fraction of sp³-hybridized carbons (Fsp3) is 0.0500. The lowest BCUT2D eigenvalue weighted by atomic mass is 10.2. The maximum atomic E-state index is 12.4. The zero-order chi connectivity index (χ0) is 19.6. The van der Waals surface area contributed by atoms with Crippen molar-refractivity contribution in [3.8, 4) is 0 Å². The number of carboxylic acids is 1. The third kappa shape index (κ3) is 6.45. The van der Waals surface area contributed by atoms with E-state index in [4.69, 9.17) is 16.7 Å². The van der Waals surface area contributed by atoms with Crippen LogP contribution in [0, 0.1) is 0 Å². The van der Waals surface area contributed by atoms with Crippen molar-refractivity contribution in [3.05, 3.63) is 88.6 Å². The number of carboxylic acid groups (broad SMARTS) is 1. The van der Waals surface area contributed by atoms with E-state index in [0.29, 0.717) is 0 Å². The fourth-order valence-electron chi connectivity index (χ4n) is 2.08. The van der Waals surface area contributed by atoms with E-state index in [2.05, 4.69) is 10.6 Å². The van der Waals surface area contributed by atoms with Crippen LogP contribution in [0.15, 0.2) is 72.4 Å². The summed E-state index contributed by atoms with van der Waals surface area (Å²) in [6.07, 6.45) is 4.71. The topological polar surface area (TPSA) is 95.5 Å². The third-order valence-corrected chi connectivity index (χ3v) is 3.69. The number of nitrogens with one attached hydrogen (secondary N) is 2. The molecule has 7 heteroatoms. The molecule has 0 aliphatic carbocycles. The Morgan fingerprint density at radius 2 is 1.67 bits per heavy atom. The Labute approximate surface area is 161 Å². The van der Waals surface area contributed by atoms with Gasteiger partial charge in [-0.3, -0.25) is 14.4 Å². The normalized spacial score (nSPS) is 11.2. The zero-order valence-corrected chi connectivity index (χ0v) is 14.9. The van der Waals surface area contributed by atoms with Crippen LogP contribution in [0.1, 0.15) is 15.9 Å². The van der Waals surface area contributed by atoms with E-state index in [0.717, 1.165) is 5.56 Å². The van der Waals surface area contributed by atoms with Crippen molar-refractivity contribution < 1.29 is 19.5 Å². The van der Waals surface area contributed by atoms with E-state index in [1.165, 1.54) is 12.1 Å². The van der Waals surface area contributed by atoms with Gasteiger partial charge in [0.05, 0.1) is 10.6 Å². The number of benzene rings is 2. The molecule has 27 heavy (non-hydrogen) atoms. The first-order valence-electron chi connectivity index (χ1n) is 7.96. The second kappa shape index (κ2) is 9.94. The summed E-state index contributed by atoms with van der Waals surface area (Å²) < 4.78 is 0. The lowest BCUT2D eigenvalue weighted by molar-refractivity contribution is -0.137. The predicted molar refractivity (Wildman–Crippen MR) is 103 cm³/mol. The van der Waals surface area contributed by atoms with Crippen LogP contribution in [0.4, 0.5) is 0 Å². The van der Waals surface area contributed by atoms with E-state index in [1.807, 2.05) is 30.3 Å². The molecule has 2 rings (SSSR count). The van der Waals surface area contributed by atoms with Crippen LogP contribution >= 0.6 is 11.6 Å². The Hall–Kier alpha value is -3.38. The minimum atomic E-state index is -1.19. The summed E-state index contributed by atoms with van der Waals surface area (Å²) in [5.74, 6) is -2.50. The molecule has 0 spiro atoms. The molecule has 6 nitrogen and oxygen atoms in total. The molecule has 0 saturated carbocycles. The van der Waals surface area contributed by atoms with Crippen LogP contribution < -0.4 is 10.6 Å². The Kier molecular flexibility index (Phi) is 7.34. The number of rotatable bonds is 7. The molecule has 2 aromatic carbocycles. The minimum absolute atomic E-state index is 0.103. The summed E-state index contributed by atoms with van der Waals surface area (Å²) in [6.45, 7) is -0.569. The van der Waals surface area contributed by atoms with Gasteiger partial charge in [0.2, 0.25) is 0 Å². The van der Waals surface area contributed by atoms with Gasteiger partial charge in [-0.15, -0.1) is 0 Å². The Morgan fingerprint density at radius 3 is 2.33 bits per heavy atom. The van der Waals surface area contributed by atoms with Crippen LogP contribution in [-0.4, -0.2) is 29.4 Å². The third-order valence-electron chi connectivity index (χ3n) is 3.36. The van der Waals surface area contributed by atoms with Gasteiger partial charge in [0, 0.05) is 0 Å². The number of hydrogen-bond donors (Lipinski definition) is 3. The lowest BCUT2D eigenvalue weighted by Crippen LogP contribution is -2.37. The van der Waals surface area contributed by atoms with E-state index in [-0.39, 0.29) is 16.3 Å². The molecular formula is C20H17ClN2O4. The highest BCUT2D eigenvalue weighted by atomic mass is 35.5. The average molecular weight is 385 g/mol. The van der Waals surface area contributed by atoms with E-state index < -0.39 is 24.3 Å². The summed E-state index contributed by atoms with van der Waals surface area (Å²) in [7, 11) is 0. The number of allylic oxidation sites excluding steroid dienone is 2. The monoisotopic (exact) mass is 384 g/mol. The summed E-state index contributed by atoms with van der Waals surface area (Å²) in [5.41, 5.74) is 0.993. The van der Waals surface area contributed by atoms with Crippen LogP contribution in [0.3, 0.4) is 0 Å². The molecule has 0 bridgehead atoms. The van der Waals surface area contributed by atoms with Crippen molar-refractivity contribution in [2.75, 3.05) is 6.54 Å².